The Bertz CT molecular complexity index is 760. The maximum Gasteiger partial charge on any atom is 0.123 e. The highest BCUT2D eigenvalue weighted by molar-refractivity contribution is 5.85. The predicted molar refractivity (Wildman–Crippen MR) is 82.0 cm³/mol. The molecular weight excluding hydrogens is 265 g/mol. The molecule has 106 valence electrons. The molecule has 4 heteroatoms. The van der Waals surface area contributed by atoms with E-state index < -0.39 is 0 Å². The van der Waals surface area contributed by atoms with Crippen LogP contribution in [0.15, 0.2) is 54.7 Å². The van der Waals surface area contributed by atoms with E-state index in [0.717, 1.165) is 27.6 Å². The van der Waals surface area contributed by atoms with Crippen LogP contribution in [0.1, 0.15) is 22.9 Å². The lowest BCUT2D eigenvalue weighted by Gasteiger charge is -2.18. The molecule has 3 rings (SSSR count). The number of nitrogens with two attached hydrogens (primary N) is 1. The zero-order chi connectivity index (χ0) is 14.8. The summed E-state index contributed by atoms with van der Waals surface area (Å²) in [5.74, 6) is 5.44. The van der Waals surface area contributed by atoms with Crippen molar-refractivity contribution in [3.63, 3.8) is 0 Å². The van der Waals surface area contributed by atoms with Crippen molar-refractivity contribution in [2.45, 2.75) is 13.0 Å². The quantitative estimate of drug-likeness (QED) is 0.572. The molecule has 0 aliphatic carbocycles. The second-order valence-corrected chi connectivity index (χ2v) is 5.08. The molecule has 3 N–H and O–H groups in total. The van der Waals surface area contributed by atoms with E-state index in [0.29, 0.717) is 0 Å². The number of aromatic nitrogens is 1. The number of hydrazine groups is 1. The topological polar surface area (TPSA) is 50.9 Å². The zero-order valence-electron chi connectivity index (χ0n) is 11.7. The lowest BCUT2D eigenvalue weighted by atomic mass is 9.98. The van der Waals surface area contributed by atoms with E-state index in [1.165, 1.54) is 12.1 Å². The first-order valence-electron chi connectivity index (χ1n) is 6.76. The van der Waals surface area contributed by atoms with Gasteiger partial charge in [-0.05, 0) is 41.6 Å². The van der Waals surface area contributed by atoms with Crippen LogP contribution in [0.5, 0.6) is 0 Å². The van der Waals surface area contributed by atoms with E-state index in [4.69, 9.17) is 5.84 Å². The Hall–Kier alpha value is -2.30. The van der Waals surface area contributed by atoms with E-state index in [9.17, 15) is 4.39 Å². The third-order valence-corrected chi connectivity index (χ3v) is 3.54. The Balaban J connectivity index is 2.18. The summed E-state index contributed by atoms with van der Waals surface area (Å²) in [6.45, 7) is 1.86. The minimum Gasteiger partial charge on any atom is -0.271 e. The van der Waals surface area contributed by atoms with Crippen molar-refractivity contribution in [3.8, 4) is 0 Å². The van der Waals surface area contributed by atoms with Crippen molar-refractivity contribution < 1.29 is 4.39 Å². The molecular formula is C17H16FN3. The Labute approximate surface area is 122 Å². The molecule has 0 fully saturated rings. The van der Waals surface area contributed by atoms with Crippen LogP contribution in [0.3, 0.4) is 0 Å². The number of hydrogen-bond donors (Lipinski definition) is 2. The lowest BCUT2D eigenvalue weighted by Crippen LogP contribution is -2.29. The number of rotatable bonds is 3. The summed E-state index contributed by atoms with van der Waals surface area (Å²) in [4.78, 5) is 4.45. The summed E-state index contributed by atoms with van der Waals surface area (Å²) in [5.41, 5.74) is 5.16. The van der Waals surface area contributed by atoms with Gasteiger partial charge in [0.1, 0.15) is 5.82 Å². The van der Waals surface area contributed by atoms with Crippen LogP contribution in [-0.2, 0) is 0 Å². The van der Waals surface area contributed by atoms with E-state index in [1.807, 2.05) is 43.3 Å². The second-order valence-electron chi connectivity index (χ2n) is 5.08. The fourth-order valence-electron chi connectivity index (χ4n) is 2.64. The highest BCUT2D eigenvalue weighted by Gasteiger charge is 2.17. The minimum atomic E-state index is -0.356. The van der Waals surface area contributed by atoms with Crippen molar-refractivity contribution in [2.75, 3.05) is 0 Å². The zero-order valence-corrected chi connectivity index (χ0v) is 11.7. The molecule has 0 aliphatic heterocycles. The average Bonchev–Trinajstić information content (AvgIpc) is 2.47. The molecule has 0 spiro atoms. The van der Waals surface area contributed by atoms with Crippen LogP contribution in [0.25, 0.3) is 10.8 Å². The fraction of sp³-hybridized carbons (Fsp3) is 0.118. The summed E-state index contributed by atoms with van der Waals surface area (Å²) in [6.07, 6.45) is 1.74. The number of hydrogen-bond acceptors (Lipinski definition) is 3. The van der Waals surface area contributed by atoms with E-state index in [1.54, 1.807) is 6.20 Å². The number of nitrogens with one attached hydrogen (secondary N) is 1. The highest BCUT2D eigenvalue weighted by Crippen LogP contribution is 2.27. The van der Waals surface area contributed by atoms with Gasteiger partial charge in [0.2, 0.25) is 0 Å². The molecule has 1 atom stereocenters. The molecule has 0 radical (unpaired) electrons. The molecule has 0 bridgehead atoms. The second kappa shape index (κ2) is 5.60. The highest BCUT2D eigenvalue weighted by atomic mass is 19.1. The van der Waals surface area contributed by atoms with Crippen LogP contribution in [-0.4, -0.2) is 4.98 Å². The van der Waals surface area contributed by atoms with Gasteiger partial charge in [-0.2, -0.15) is 0 Å². The first-order chi connectivity index (χ1) is 10.2. The Morgan fingerprint density at radius 2 is 1.95 bits per heavy atom. The summed E-state index contributed by atoms with van der Waals surface area (Å²) in [6, 6.07) is 14.4. The van der Waals surface area contributed by atoms with Gasteiger partial charge in [0.05, 0.1) is 11.7 Å². The van der Waals surface area contributed by atoms with Crippen LogP contribution in [0.4, 0.5) is 4.39 Å². The summed E-state index contributed by atoms with van der Waals surface area (Å²) >= 11 is 0. The number of pyridine rings is 1. The molecule has 3 nitrogen and oxygen atoms in total. The molecule has 0 aliphatic rings. The normalized spacial score (nSPS) is 12.5. The van der Waals surface area contributed by atoms with Gasteiger partial charge in [0.25, 0.3) is 0 Å². The number of benzene rings is 2. The van der Waals surface area contributed by atoms with Gasteiger partial charge in [0, 0.05) is 11.6 Å². The Morgan fingerprint density at radius 1 is 1.14 bits per heavy atom. The molecule has 0 saturated carbocycles. The van der Waals surface area contributed by atoms with Gasteiger partial charge in [-0.15, -0.1) is 0 Å². The lowest BCUT2D eigenvalue weighted by molar-refractivity contribution is 0.599. The molecule has 1 unspecified atom stereocenters. The van der Waals surface area contributed by atoms with Gasteiger partial charge in [-0.1, -0.05) is 30.3 Å². The maximum absolute atomic E-state index is 13.7. The van der Waals surface area contributed by atoms with Crippen LogP contribution in [0, 0.1) is 12.7 Å². The van der Waals surface area contributed by atoms with Gasteiger partial charge in [-0.3, -0.25) is 10.8 Å². The van der Waals surface area contributed by atoms with Crippen molar-refractivity contribution in [1.82, 2.24) is 10.4 Å². The van der Waals surface area contributed by atoms with Crippen LogP contribution >= 0.6 is 0 Å². The first-order valence-corrected chi connectivity index (χ1v) is 6.76. The summed E-state index contributed by atoms with van der Waals surface area (Å²) in [7, 11) is 0. The third-order valence-electron chi connectivity index (χ3n) is 3.54. The van der Waals surface area contributed by atoms with Gasteiger partial charge in [-0.25, -0.2) is 9.82 Å². The fourth-order valence-corrected chi connectivity index (χ4v) is 2.64. The van der Waals surface area contributed by atoms with Gasteiger partial charge >= 0.3 is 0 Å². The van der Waals surface area contributed by atoms with Crippen LogP contribution in [0.2, 0.25) is 0 Å². The van der Waals surface area contributed by atoms with Gasteiger partial charge < -0.3 is 0 Å². The Kier molecular flexibility index (Phi) is 3.64. The number of nitrogens with zero attached hydrogens (tertiary/aromatic N) is 1. The Morgan fingerprint density at radius 3 is 2.71 bits per heavy atom. The molecule has 21 heavy (non-hydrogen) atoms. The van der Waals surface area contributed by atoms with Crippen molar-refractivity contribution in [2.24, 2.45) is 5.84 Å². The van der Waals surface area contributed by atoms with Crippen molar-refractivity contribution in [3.05, 3.63) is 77.4 Å². The predicted octanol–water partition coefficient (Wildman–Crippen LogP) is 3.24. The molecule has 1 aromatic heterocycles. The van der Waals surface area contributed by atoms with Crippen molar-refractivity contribution >= 4 is 10.8 Å². The van der Waals surface area contributed by atoms with Crippen LogP contribution < -0.4 is 11.3 Å². The minimum absolute atomic E-state index is 0.273. The average molecular weight is 281 g/mol. The van der Waals surface area contributed by atoms with E-state index in [-0.39, 0.29) is 11.9 Å². The SMILES string of the molecule is Cc1cc(F)cc(C(NN)c2nccc3ccccc23)c1. The van der Waals surface area contributed by atoms with E-state index >= 15 is 0 Å². The maximum atomic E-state index is 13.7. The summed E-state index contributed by atoms with van der Waals surface area (Å²) in [5, 5.41) is 2.08. The number of halogens is 1. The molecule has 1 heterocycles. The monoisotopic (exact) mass is 281 g/mol. The molecule has 3 aromatic rings. The molecule has 0 amide bonds. The van der Waals surface area contributed by atoms with Crippen molar-refractivity contribution in [1.29, 1.82) is 0 Å². The largest absolute Gasteiger partial charge is 0.271 e. The molecule has 2 aromatic carbocycles. The smallest absolute Gasteiger partial charge is 0.123 e. The first kappa shape index (κ1) is 13.7. The number of fused-ring (bicyclic) bond motifs is 1. The number of aryl methyl sites for hydroxylation is 1. The standard InChI is InChI=1S/C17H16FN3/c1-11-8-13(10-14(18)9-11)16(21-19)17-15-5-3-2-4-12(15)6-7-20-17/h2-10,16,21H,19H2,1H3. The van der Waals surface area contributed by atoms with E-state index in [2.05, 4.69) is 10.4 Å². The molecule has 0 saturated heterocycles. The van der Waals surface area contributed by atoms with Gasteiger partial charge in [0.15, 0.2) is 0 Å². The third kappa shape index (κ3) is 2.63. The summed E-state index contributed by atoms with van der Waals surface area (Å²) < 4.78 is 13.7.